The van der Waals surface area contributed by atoms with Crippen LogP contribution in [0.4, 0.5) is 19.0 Å². The maximum absolute atomic E-state index is 12.6. The fourth-order valence-corrected chi connectivity index (χ4v) is 3.03. The summed E-state index contributed by atoms with van der Waals surface area (Å²) < 4.78 is 39.5. The first-order valence-electron chi connectivity index (χ1n) is 8.40. The number of alkyl halides is 3. The molecule has 3 rings (SSSR count). The van der Waals surface area contributed by atoms with Crippen molar-refractivity contribution in [2.24, 2.45) is 0 Å². The van der Waals surface area contributed by atoms with Gasteiger partial charge in [0.15, 0.2) is 11.5 Å². The van der Waals surface area contributed by atoms with Crippen LogP contribution in [0.25, 0.3) is 5.65 Å². The summed E-state index contributed by atoms with van der Waals surface area (Å²) in [6.07, 6.45) is -3.49. The predicted octanol–water partition coefficient (Wildman–Crippen LogP) is 2.50. The Morgan fingerprint density at radius 2 is 1.76 bits per heavy atom. The van der Waals surface area contributed by atoms with E-state index in [2.05, 4.69) is 15.3 Å². The molecule has 0 unspecified atom stereocenters. The maximum atomic E-state index is 12.6. The normalized spacial score (nSPS) is 17.9. The van der Waals surface area contributed by atoms with Crippen molar-refractivity contribution in [3.63, 3.8) is 0 Å². The van der Waals surface area contributed by atoms with Crippen LogP contribution in [0, 0.1) is 0 Å². The van der Waals surface area contributed by atoms with Crippen molar-refractivity contribution in [3.8, 4) is 0 Å². The van der Waals surface area contributed by atoms with Crippen LogP contribution in [0.15, 0.2) is 12.1 Å². The van der Waals surface area contributed by atoms with E-state index in [1.54, 1.807) is 4.52 Å². The third kappa shape index (κ3) is 4.20. The second-order valence-corrected chi connectivity index (χ2v) is 7.47. The minimum atomic E-state index is -4.16. The lowest BCUT2D eigenvalue weighted by molar-refractivity contribution is -0.145. The average molecular weight is 356 g/mol. The number of halogens is 3. The molecule has 0 saturated carbocycles. The lowest BCUT2D eigenvalue weighted by atomic mass is 9.96. The van der Waals surface area contributed by atoms with Crippen molar-refractivity contribution < 1.29 is 13.2 Å². The zero-order valence-corrected chi connectivity index (χ0v) is 14.7. The van der Waals surface area contributed by atoms with Gasteiger partial charge in [0.1, 0.15) is 5.82 Å². The second-order valence-electron chi connectivity index (χ2n) is 7.47. The monoisotopic (exact) mass is 356 g/mol. The molecule has 0 bridgehead atoms. The molecule has 1 fully saturated rings. The van der Waals surface area contributed by atoms with Gasteiger partial charge in [-0.3, -0.25) is 4.90 Å². The molecular weight excluding hydrogens is 333 g/mol. The first kappa shape index (κ1) is 17.9. The van der Waals surface area contributed by atoms with E-state index in [0.29, 0.717) is 38.2 Å². The predicted molar refractivity (Wildman–Crippen MR) is 88.8 cm³/mol. The first-order chi connectivity index (χ1) is 11.6. The molecule has 0 atom stereocenters. The topological polar surface area (TPSA) is 49.6 Å². The molecule has 9 heteroatoms. The molecule has 0 N–H and O–H groups in total. The lowest BCUT2D eigenvalue weighted by Gasteiger charge is -2.23. The van der Waals surface area contributed by atoms with Crippen molar-refractivity contribution in [1.29, 1.82) is 0 Å². The number of fused-ring (bicyclic) bond motifs is 1. The van der Waals surface area contributed by atoms with E-state index >= 15 is 0 Å². The van der Waals surface area contributed by atoms with Crippen LogP contribution in [0.2, 0.25) is 0 Å². The third-order valence-electron chi connectivity index (χ3n) is 4.23. The molecule has 0 amide bonds. The smallest absolute Gasteiger partial charge is 0.354 e. The van der Waals surface area contributed by atoms with Crippen LogP contribution in [-0.2, 0) is 5.41 Å². The number of hydrogen-bond acceptors (Lipinski definition) is 5. The van der Waals surface area contributed by atoms with E-state index in [0.717, 1.165) is 11.6 Å². The van der Waals surface area contributed by atoms with E-state index in [-0.39, 0.29) is 5.41 Å². The van der Waals surface area contributed by atoms with Gasteiger partial charge in [0.25, 0.3) is 0 Å². The standard InChI is InChI=1S/C16H23F3N6/c1-15(2,3)14-21-20-12-5-6-13(22-25(12)14)24-8-4-7-23(9-10-24)11-16(17,18)19/h5-6H,4,7-11H2,1-3H3. The van der Waals surface area contributed by atoms with Gasteiger partial charge >= 0.3 is 6.18 Å². The molecule has 0 aliphatic carbocycles. The molecule has 25 heavy (non-hydrogen) atoms. The summed E-state index contributed by atoms with van der Waals surface area (Å²) in [6.45, 7) is 7.27. The van der Waals surface area contributed by atoms with Crippen LogP contribution >= 0.6 is 0 Å². The Bertz CT molecular complexity index is 734. The highest BCUT2D eigenvalue weighted by molar-refractivity contribution is 5.46. The second kappa shape index (κ2) is 6.44. The fraction of sp³-hybridized carbons (Fsp3) is 0.688. The Kier molecular flexibility index (Phi) is 4.61. The molecule has 138 valence electrons. The summed E-state index contributed by atoms with van der Waals surface area (Å²) in [5.41, 5.74) is 0.468. The summed E-state index contributed by atoms with van der Waals surface area (Å²) in [5, 5.41) is 13.0. The summed E-state index contributed by atoms with van der Waals surface area (Å²) in [4.78, 5) is 3.49. The van der Waals surface area contributed by atoms with Gasteiger partial charge in [-0.1, -0.05) is 20.8 Å². The summed E-state index contributed by atoms with van der Waals surface area (Å²) >= 11 is 0. The van der Waals surface area contributed by atoms with Gasteiger partial charge in [0, 0.05) is 31.6 Å². The van der Waals surface area contributed by atoms with Crippen LogP contribution in [-0.4, -0.2) is 63.6 Å². The zero-order valence-electron chi connectivity index (χ0n) is 14.7. The SMILES string of the molecule is CC(C)(C)c1nnc2ccc(N3CCCN(CC(F)(F)F)CC3)nn12. The molecule has 1 aliphatic rings. The van der Waals surface area contributed by atoms with E-state index in [9.17, 15) is 13.2 Å². The van der Waals surface area contributed by atoms with Gasteiger partial charge in [-0.25, -0.2) is 0 Å². The molecule has 1 aliphatic heterocycles. The van der Waals surface area contributed by atoms with Crippen LogP contribution in [0.1, 0.15) is 33.0 Å². The van der Waals surface area contributed by atoms with Crippen molar-refractivity contribution in [2.45, 2.75) is 38.8 Å². The number of hydrogen-bond donors (Lipinski definition) is 0. The highest BCUT2D eigenvalue weighted by atomic mass is 19.4. The Morgan fingerprint density at radius 3 is 2.44 bits per heavy atom. The Hall–Kier alpha value is -1.90. The van der Waals surface area contributed by atoms with Gasteiger partial charge in [0.2, 0.25) is 0 Å². The number of nitrogens with zero attached hydrogens (tertiary/aromatic N) is 6. The largest absolute Gasteiger partial charge is 0.401 e. The first-order valence-corrected chi connectivity index (χ1v) is 8.40. The van der Waals surface area contributed by atoms with Crippen molar-refractivity contribution in [1.82, 2.24) is 24.7 Å². The molecule has 6 nitrogen and oxygen atoms in total. The van der Waals surface area contributed by atoms with E-state index in [1.165, 1.54) is 4.90 Å². The Labute approximate surface area is 144 Å². The molecule has 3 heterocycles. The highest BCUT2D eigenvalue weighted by Gasteiger charge is 2.31. The van der Waals surface area contributed by atoms with Gasteiger partial charge < -0.3 is 4.90 Å². The molecule has 2 aromatic heterocycles. The molecular formula is C16H23F3N6. The van der Waals surface area contributed by atoms with E-state index in [1.807, 2.05) is 37.8 Å². The van der Waals surface area contributed by atoms with Crippen LogP contribution < -0.4 is 4.90 Å². The summed E-state index contributed by atoms with van der Waals surface area (Å²) in [7, 11) is 0. The number of anilines is 1. The van der Waals surface area contributed by atoms with Crippen molar-refractivity contribution >= 4 is 11.5 Å². The van der Waals surface area contributed by atoms with E-state index < -0.39 is 12.7 Å². The van der Waals surface area contributed by atoms with Crippen molar-refractivity contribution in [3.05, 3.63) is 18.0 Å². The Balaban J connectivity index is 1.80. The molecule has 0 radical (unpaired) electrons. The maximum Gasteiger partial charge on any atom is 0.401 e. The van der Waals surface area contributed by atoms with Gasteiger partial charge in [-0.2, -0.15) is 17.7 Å². The van der Waals surface area contributed by atoms with E-state index in [4.69, 9.17) is 0 Å². The quantitative estimate of drug-likeness (QED) is 0.828. The fourth-order valence-electron chi connectivity index (χ4n) is 3.03. The minimum Gasteiger partial charge on any atom is -0.354 e. The molecule has 0 spiro atoms. The summed E-state index contributed by atoms with van der Waals surface area (Å²) in [5.74, 6) is 1.50. The zero-order chi connectivity index (χ0) is 18.2. The van der Waals surface area contributed by atoms with Crippen LogP contribution in [0.5, 0.6) is 0 Å². The minimum absolute atomic E-state index is 0.201. The van der Waals surface area contributed by atoms with Crippen LogP contribution in [0.3, 0.4) is 0 Å². The number of rotatable bonds is 2. The molecule has 2 aromatic rings. The third-order valence-corrected chi connectivity index (χ3v) is 4.23. The highest BCUT2D eigenvalue weighted by Crippen LogP contribution is 2.23. The molecule has 0 aromatic carbocycles. The average Bonchev–Trinajstić information content (AvgIpc) is 2.79. The molecule has 1 saturated heterocycles. The van der Waals surface area contributed by atoms with Gasteiger partial charge in [-0.15, -0.1) is 15.3 Å². The van der Waals surface area contributed by atoms with Gasteiger partial charge in [0.05, 0.1) is 6.54 Å². The lowest BCUT2D eigenvalue weighted by Crippen LogP contribution is -2.37. The summed E-state index contributed by atoms with van der Waals surface area (Å²) in [6, 6.07) is 3.71. The number of aromatic nitrogens is 4. The Morgan fingerprint density at radius 1 is 1.00 bits per heavy atom. The van der Waals surface area contributed by atoms with Gasteiger partial charge in [-0.05, 0) is 18.6 Å². The van der Waals surface area contributed by atoms with Crippen molar-refractivity contribution in [2.75, 3.05) is 37.6 Å².